The fourth-order valence-electron chi connectivity index (χ4n) is 3.18. The van der Waals surface area contributed by atoms with Crippen LogP contribution in [0.3, 0.4) is 0 Å². The number of rotatable bonds is 1. The summed E-state index contributed by atoms with van der Waals surface area (Å²) in [5.74, 6) is -0.292. The summed E-state index contributed by atoms with van der Waals surface area (Å²) in [7, 11) is 0. The third-order valence-corrected chi connectivity index (χ3v) is 3.99. The number of nitrogens with one attached hydrogen (secondary N) is 1. The Balaban J connectivity index is 2.02. The van der Waals surface area contributed by atoms with Crippen molar-refractivity contribution in [3.8, 4) is 0 Å². The van der Waals surface area contributed by atoms with Crippen LogP contribution in [0.2, 0.25) is 0 Å². The lowest BCUT2D eigenvalue weighted by Crippen LogP contribution is -2.24. The van der Waals surface area contributed by atoms with E-state index in [9.17, 15) is 4.79 Å². The molecule has 1 aliphatic carbocycles. The normalized spacial score (nSPS) is 27.2. The van der Waals surface area contributed by atoms with Crippen LogP contribution in [0, 0.1) is 5.41 Å². The van der Waals surface area contributed by atoms with Gasteiger partial charge in [-0.2, -0.15) is 0 Å². The van der Waals surface area contributed by atoms with Gasteiger partial charge in [0, 0.05) is 12.1 Å². The van der Waals surface area contributed by atoms with E-state index < -0.39 is 0 Å². The summed E-state index contributed by atoms with van der Waals surface area (Å²) in [6, 6.07) is 5.93. The van der Waals surface area contributed by atoms with Crippen molar-refractivity contribution in [1.29, 1.82) is 0 Å². The number of fused-ring (bicyclic) bond motifs is 1. The number of carbonyl (C=O) groups excluding carboxylic acids is 1. The third-order valence-electron chi connectivity index (χ3n) is 3.99. The lowest BCUT2D eigenvalue weighted by atomic mass is 9.84. The van der Waals surface area contributed by atoms with E-state index in [1.807, 2.05) is 12.1 Å². The summed E-state index contributed by atoms with van der Waals surface area (Å²) in [5, 5.41) is 3.42. The van der Waals surface area contributed by atoms with Gasteiger partial charge in [0.1, 0.15) is 0 Å². The van der Waals surface area contributed by atoms with E-state index in [1.54, 1.807) is 0 Å². The molecule has 3 rings (SSSR count). The van der Waals surface area contributed by atoms with Crippen LogP contribution in [0.5, 0.6) is 0 Å². The highest BCUT2D eigenvalue weighted by Gasteiger charge is 2.40. The van der Waals surface area contributed by atoms with Gasteiger partial charge >= 0.3 is 0 Å². The molecule has 3 nitrogen and oxygen atoms in total. The Morgan fingerprint density at radius 3 is 2.94 bits per heavy atom. The third kappa shape index (κ3) is 1.35. The molecule has 3 heteroatoms. The molecule has 0 aromatic heterocycles. The first-order valence-electron chi connectivity index (χ1n) is 5.82. The van der Waals surface area contributed by atoms with E-state index in [-0.39, 0.29) is 5.91 Å². The first-order chi connectivity index (χ1) is 7.70. The molecule has 0 saturated carbocycles. The maximum absolute atomic E-state index is 11.4. The van der Waals surface area contributed by atoms with Crippen LogP contribution >= 0.6 is 0 Å². The minimum absolute atomic E-state index is 0.292. The zero-order chi connectivity index (χ0) is 11.2. The Hall–Kier alpha value is -1.35. The van der Waals surface area contributed by atoms with E-state index in [0.717, 1.165) is 31.5 Å². The van der Waals surface area contributed by atoms with E-state index >= 15 is 0 Å². The minimum Gasteiger partial charge on any atom is -0.366 e. The molecule has 16 heavy (non-hydrogen) atoms. The molecule has 0 bridgehead atoms. The summed E-state index contributed by atoms with van der Waals surface area (Å²) in [5.41, 5.74) is 9.01. The molecule has 1 spiro atoms. The van der Waals surface area contributed by atoms with Crippen molar-refractivity contribution in [2.75, 3.05) is 13.1 Å². The number of primary amides is 1. The van der Waals surface area contributed by atoms with Gasteiger partial charge < -0.3 is 11.1 Å². The molecule has 0 radical (unpaired) electrons. The highest BCUT2D eigenvalue weighted by Crippen LogP contribution is 2.42. The van der Waals surface area contributed by atoms with Gasteiger partial charge in [-0.1, -0.05) is 12.1 Å². The second-order valence-electron chi connectivity index (χ2n) is 5.09. The van der Waals surface area contributed by atoms with Crippen LogP contribution in [0.25, 0.3) is 0 Å². The minimum atomic E-state index is -0.292. The van der Waals surface area contributed by atoms with Gasteiger partial charge in [0.2, 0.25) is 5.91 Å². The predicted octanol–water partition coefficient (Wildman–Crippen LogP) is 0.864. The van der Waals surface area contributed by atoms with Crippen LogP contribution < -0.4 is 11.1 Å². The largest absolute Gasteiger partial charge is 0.366 e. The summed E-state index contributed by atoms with van der Waals surface area (Å²) in [4.78, 5) is 11.4. The Morgan fingerprint density at radius 2 is 2.25 bits per heavy atom. The number of hydrogen-bond acceptors (Lipinski definition) is 2. The molecular formula is C13H16N2O. The maximum Gasteiger partial charge on any atom is 0.248 e. The van der Waals surface area contributed by atoms with Gasteiger partial charge in [0.15, 0.2) is 0 Å². The molecule has 1 fully saturated rings. The summed E-state index contributed by atoms with van der Waals surface area (Å²) in [6.45, 7) is 2.17. The lowest BCUT2D eigenvalue weighted by molar-refractivity contribution is 0.0999. The zero-order valence-electron chi connectivity index (χ0n) is 9.25. The second kappa shape index (κ2) is 3.32. The fraction of sp³-hybridized carbons (Fsp3) is 0.462. The smallest absolute Gasteiger partial charge is 0.248 e. The Kier molecular flexibility index (Phi) is 2.04. The van der Waals surface area contributed by atoms with E-state index in [0.29, 0.717) is 5.41 Å². The number of benzene rings is 1. The van der Waals surface area contributed by atoms with E-state index in [2.05, 4.69) is 11.4 Å². The van der Waals surface area contributed by atoms with Crippen molar-refractivity contribution in [2.24, 2.45) is 11.1 Å². The average Bonchev–Trinajstić information content (AvgIpc) is 2.84. The van der Waals surface area contributed by atoms with Crippen molar-refractivity contribution >= 4 is 5.91 Å². The van der Waals surface area contributed by atoms with Gasteiger partial charge in [0.05, 0.1) is 0 Å². The number of amides is 1. The quantitative estimate of drug-likeness (QED) is 0.731. The predicted molar refractivity (Wildman–Crippen MR) is 62.3 cm³/mol. The Labute approximate surface area is 95.0 Å². The van der Waals surface area contributed by atoms with Crippen LogP contribution in [-0.2, 0) is 12.8 Å². The van der Waals surface area contributed by atoms with Crippen molar-refractivity contribution in [2.45, 2.75) is 19.3 Å². The molecule has 1 aliphatic heterocycles. The van der Waals surface area contributed by atoms with Gasteiger partial charge in [-0.15, -0.1) is 0 Å². The zero-order valence-corrected chi connectivity index (χ0v) is 9.25. The molecule has 3 N–H and O–H groups in total. The highest BCUT2D eigenvalue weighted by atomic mass is 16.1. The van der Waals surface area contributed by atoms with Gasteiger partial charge in [-0.05, 0) is 48.4 Å². The van der Waals surface area contributed by atoms with Crippen molar-refractivity contribution < 1.29 is 4.79 Å². The molecular weight excluding hydrogens is 200 g/mol. The average molecular weight is 216 g/mol. The Bertz CT molecular complexity index is 447. The number of nitrogens with two attached hydrogens (primary N) is 1. The lowest BCUT2D eigenvalue weighted by Gasteiger charge is -2.20. The molecule has 1 aromatic rings. The molecule has 1 unspecified atom stereocenters. The van der Waals surface area contributed by atoms with E-state index in [1.165, 1.54) is 17.5 Å². The topological polar surface area (TPSA) is 55.1 Å². The first-order valence-corrected chi connectivity index (χ1v) is 5.82. The fourth-order valence-corrected chi connectivity index (χ4v) is 3.18. The molecule has 1 amide bonds. The van der Waals surface area contributed by atoms with Crippen LogP contribution in [0.4, 0.5) is 0 Å². The van der Waals surface area contributed by atoms with Crippen LogP contribution in [-0.4, -0.2) is 19.0 Å². The highest BCUT2D eigenvalue weighted by molar-refractivity contribution is 5.94. The van der Waals surface area contributed by atoms with Crippen molar-refractivity contribution in [3.63, 3.8) is 0 Å². The van der Waals surface area contributed by atoms with Gasteiger partial charge in [-0.25, -0.2) is 0 Å². The molecule has 84 valence electrons. The molecule has 1 aromatic carbocycles. The van der Waals surface area contributed by atoms with Crippen LogP contribution in [0.1, 0.15) is 27.9 Å². The van der Waals surface area contributed by atoms with Gasteiger partial charge in [-0.3, -0.25) is 4.79 Å². The Morgan fingerprint density at radius 1 is 1.38 bits per heavy atom. The molecule has 1 atom stereocenters. The van der Waals surface area contributed by atoms with Crippen molar-refractivity contribution in [1.82, 2.24) is 5.32 Å². The summed E-state index contributed by atoms with van der Waals surface area (Å²) < 4.78 is 0. The second-order valence-corrected chi connectivity index (χ2v) is 5.09. The van der Waals surface area contributed by atoms with Crippen LogP contribution in [0.15, 0.2) is 18.2 Å². The molecule has 1 heterocycles. The molecule has 1 saturated heterocycles. The first kappa shape index (κ1) is 9.85. The monoisotopic (exact) mass is 216 g/mol. The SMILES string of the molecule is NC(=O)c1cccc2c1CC1(CCNC1)C2. The number of carbonyl (C=O) groups is 1. The van der Waals surface area contributed by atoms with E-state index in [4.69, 9.17) is 5.73 Å². The number of hydrogen-bond donors (Lipinski definition) is 2. The summed E-state index contributed by atoms with van der Waals surface area (Å²) in [6.07, 6.45) is 3.31. The van der Waals surface area contributed by atoms with Crippen molar-refractivity contribution in [3.05, 3.63) is 34.9 Å². The maximum atomic E-state index is 11.4. The standard InChI is InChI=1S/C13H16N2O/c14-12(16)10-3-1-2-9-6-13(7-11(9)10)4-5-15-8-13/h1-3,15H,4-8H2,(H2,14,16). The van der Waals surface area contributed by atoms with Gasteiger partial charge in [0.25, 0.3) is 0 Å². The summed E-state index contributed by atoms with van der Waals surface area (Å²) >= 11 is 0. The molecule has 2 aliphatic rings.